The third kappa shape index (κ3) is 2.79. The second-order valence-corrected chi connectivity index (χ2v) is 3.91. The zero-order chi connectivity index (χ0) is 8.97. The van der Waals surface area contributed by atoms with Crippen LogP contribution in [-0.2, 0) is 11.3 Å². The number of halogens is 1. The lowest BCUT2D eigenvalue weighted by molar-refractivity contribution is -0.120. The number of thiazole rings is 1. The van der Waals surface area contributed by atoms with Gasteiger partial charge in [0.05, 0.1) is 6.54 Å². The Morgan fingerprint density at radius 3 is 3.08 bits per heavy atom. The minimum atomic E-state index is 0.0412. The number of nitrogens with zero attached hydrogens (tertiary/aromatic N) is 1. The van der Waals surface area contributed by atoms with E-state index in [1.165, 1.54) is 11.3 Å². The van der Waals surface area contributed by atoms with Gasteiger partial charge in [-0.15, -0.1) is 11.3 Å². The maximum Gasteiger partial charge on any atom is 0.220 e. The summed E-state index contributed by atoms with van der Waals surface area (Å²) in [4.78, 5) is 15.7. The first-order chi connectivity index (χ1) is 5.72. The van der Waals surface area contributed by atoms with Gasteiger partial charge in [-0.25, -0.2) is 4.98 Å². The summed E-state index contributed by atoms with van der Waals surface area (Å²) in [6.45, 7) is 2.34. The Bertz CT molecular complexity index is 274. The molecule has 1 aromatic rings. The summed E-state index contributed by atoms with van der Waals surface area (Å²) in [5, 5.41) is 2.73. The van der Waals surface area contributed by atoms with Crippen LogP contribution in [0.3, 0.4) is 0 Å². The zero-order valence-electron chi connectivity index (χ0n) is 6.63. The Morgan fingerprint density at radius 2 is 2.58 bits per heavy atom. The van der Waals surface area contributed by atoms with Gasteiger partial charge < -0.3 is 5.32 Å². The van der Waals surface area contributed by atoms with E-state index in [1.54, 1.807) is 6.20 Å². The molecule has 0 aliphatic carbocycles. The first-order valence-electron chi connectivity index (χ1n) is 3.59. The van der Waals surface area contributed by atoms with Crippen LogP contribution in [0.1, 0.15) is 18.2 Å². The van der Waals surface area contributed by atoms with E-state index in [2.05, 4.69) is 10.3 Å². The molecule has 0 spiro atoms. The summed E-state index contributed by atoms with van der Waals surface area (Å²) in [6.07, 6.45) is 2.18. The second kappa shape index (κ2) is 4.42. The average molecular weight is 205 g/mol. The van der Waals surface area contributed by atoms with Gasteiger partial charge in [0.1, 0.15) is 0 Å². The minimum absolute atomic E-state index is 0.0412. The number of nitrogens with one attached hydrogen (secondary N) is 1. The largest absolute Gasteiger partial charge is 0.351 e. The SMILES string of the molecule is CCC(=O)NCc1cnc(Cl)s1. The van der Waals surface area contributed by atoms with Gasteiger partial charge in [0.25, 0.3) is 0 Å². The molecule has 0 aromatic carbocycles. The number of rotatable bonds is 3. The van der Waals surface area contributed by atoms with Gasteiger partial charge in [0.2, 0.25) is 5.91 Å². The molecule has 0 atom stereocenters. The van der Waals surface area contributed by atoms with Crippen molar-refractivity contribution in [3.63, 3.8) is 0 Å². The lowest BCUT2D eigenvalue weighted by Crippen LogP contribution is -2.20. The predicted molar refractivity (Wildman–Crippen MR) is 49.3 cm³/mol. The van der Waals surface area contributed by atoms with Crippen LogP contribution in [0.4, 0.5) is 0 Å². The second-order valence-electron chi connectivity index (χ2n) is 2.21. The van der Waals surface area contributed by atoms with Gasteiger partial charge >= 0.3 is 0 Å². The molecule has 0 fully saturated rings. The summed E-state index contributed by atoms with van der Waals surface area (Å²) in [5.74, 6) is 0.0412. The van der Waals surface area contributed by atoms with Crippen molar-refractivity contribution in [1.29, 1.82) is 0 Å². The molecule has 1 aromatic heterocycles. The molecule has 1 heterocycles. The van der Waals surface area contributed by atoms with Gasteiger partial charge in [-0.3, -0.25) is 4.79 Å². The Kier molecular flexibility index (Phi) is 3.49. The summed E-state index contributed by atoms with van der Waals surface area (Å²) in [7, 11) is 0. The standard InChI is InChI=1S/C7H9ClN2OS/c1-2-6(11)9-3-5-4-10-7(8)12-5/h4H,2-3H2,1H3,(H,9,11). The van der Waals surface area contributed by atoms with Crippen molar-refractivity contribution in [1.82, 2.24) is 10.3 Å². The van der Waals surface area contributed by atoms with Gasteiger partial charge in [0.15, 0.2) is 4.47 Å². The van der Waals surface area contributed by atoms with Gasteiger partial charge in [-0.1, -0.05) is 18.5 Å². The topological polar surface area (TPSA) is 42.0 Å². The highest BCUT2D eigenvalue weighted by Gasteiger charge is 2.00. The summed E-state index contributed by atoms with van der Waals surface area (Å²) in [5.41, 5.74) is 0. The Hall–Kier alpha value is -0.610. The Labute approximate surface area is 79.8 Å². The van der Waals surface area contributed by atoms with Crippen LogP contribution in [0.2, 0.25) is 4.47 Å². The van der Waals surface area contributed by atoms with Crippen molar-refractivity contribution < 1.29 is 4.79 Å². The maximum atomic E-state index is 10.8. The van der Waals surface area contributed by atoms with Crippen molar-refractivity contribution in [2.24, 2.45) is 0 Å². The number of carbonyl (C=O) groups excluding carboxylic acids is 1. The van der Waals surface area contributed by atoms with Crippen LogP contribution >= 0.6 is 22.9 Å². The van der Waals surface area contributed by atoms with E-state index < -0.39 is 0 Å². The molecule has 3 nitrogen and oxygen atoms in total. The smallest absolute Gasteiger partial charge is 0.220 e. The number of hydrogen-bond acceptors (Lipinski definition) is 3. The van der Waals surface area contributed by atoms with Crippen molar-refractivity contribution in [3.05, 3.63) is 15.5 Å². The zero-order valence-corrected chi connectivity index (χ0v) is 8.21. The lowest BCUT2D eigenvalue weighted by Gasteiger charge is -1.98. The Morgan fingerprint density at radius 1 is 1.83 bits per heavy atom. The van der Waals surface area contributed by atoms with Crippen molar-refractivity contribution in [3.8, 4) is 0 Å². The van der Waals surface area contributed by atoms with Crippen LogP contribution in [-0.4, -0.2) is 10.9 Å². The van der Waals surface area contributed by atoms with Crippen LogP contribution in [0, 0.1) is 0 Å². The lowest BCUT2D eigenvalue weighted by atomic mass is 10.4. The fourth-order valence-electron chi connectivity index (χ4n) is 0.676. The summed E-state index contributed by atoms with van der Waals surface area (Å²) < 4.78 is 0.510. The van der Waals surface area contributed by atoms with Crippen LogP contribution in [0.25, 0.3) is 0 Å². The highest BCUT2D eigenvalue weighted by molar-refractivity contribution is 7.15. The normalized spacial score (nSPS) is 9.83. The van der Waals surface area contributed by atoms with E-state index in [0.717, 1.165) is 4.88 Å². The van der Waals surface area contributed by atoms with Crippen molar-refractivity contribution >= 4 is 28.8 Å². The molecule has 1 amide bonds. The number of amides is 1. The molecule has 12 heavy (non-hydrogen) atoms. The molecule has 0 bridgehead atoms. The number of hydrogen-bond donors (Lipinski definition) is 1. The van der Waals surface area contributed by atoms with Gasteiger partial charge in [-0.05, 0) is 0 Å². The monoisotopic (exact) mass is 204 g/mol. The van der Waals surface area contributed by atoms with Crippen LogP contribution < -0.4 is 5.32 Å². The van der Waals surface area contributed by atoms with Crippen LogP contribution in [0.5, 0.6) is 0 Å². The number of aromatic nitrogens is 1. The molecule has 0 radical (unpaired) electrons. The van der Waals surface area contributed by atoms with E-state index in [-0.39, 0.29) is 5.91 Å². The van der Waals surface area contributed by atoms with Crippen molar-refractivity contribution in [2.45, 2.75) is 19.9 Å². The third-order valence-corrected chi connectivity index (χ3v) is 2.42. The number of carbonyl (C=O) groups is 1. The molecule has 0 aliphatic heterocycles. The first kappa shape index (κ1) is 9.48. The highest BCUT2D eigenvalue weighted by atomic mass is 35.5. The Balaban J connectivity index is 2.38. The van der Waals surface area contributed by atoms with E-state index in [4.69, 9.17) is 11.6 Å². The van der Waals surface area contributed by atoms with E-state index in [1.807, 2.05) is 6.92 Å². The molecule has 66 valence electrons. The van der Waals surface area contributed by atoms with E-state index in [0.29, 0.717) is 17.4 Å². The summed E-state index contributed by atoms with van der Waals surface area (Å²) >= 11 is 6.98. The minimum Gasteiger partial charge on any atom is -0.351 e. The fourth-order valence-corrected chi connectivity index (χ4v) is 1.59. The highest BCUT2D eigenvalue weighted by Crippen LogP contribution is 2.16. The first-order valence-corrected chi connectivity index (χ1v) is 4.78. The maximum absolute atomic E-state index is 10.8. The molecule has 5 heteroatoms. The van der Waals surface area contributed by atoms with Crippen LogP contribution in [0.15, 0.2) is 6.20 Å². The van der Waals surface area contributed by atoms with Gasteiger partial charge in [-0.2, -0.15) is 0 Å². The molecule has 0 unspecified atom stereocenters. The molecule has 0 saturated heterocycles. The third-order valence-electron chi connectivity index (χ3n) is 1.31. The molecule has 1 rings (SSSR count). The van der Waals surface area contributed by atoms with E-state index >= 15 is 0 Å². The summed E-state index contributed by atoms with van der Waals surface area (Å²) in [6, 6.07) is 0. The molecule has 0 aliphatic rings. The van der Waals surface area contributed by atoms with Crippen molar-refractivity contribution in [2.75, 3.05) is 0 Å². The predicted octanol–water partition coefficient (Wildman–Crippen LogP) is 1.82. The van der Waals surface area contributed by atoms with Gasteiger partial charge in [0, 0.05) is 17.5 Å². The molecule has 0 saturated carbocycles. The molecular weight excluding hydrogens is 196 g/mol. The quantitative estimate of drug-likeness (QED) is 0.816. The fraction of sp³-hybridized carbons (Fsp3) is 0.429. The molecule has 1 N–H and O–H groups in total. The average Bonchev–Trinajstić information content (AvgIpc) is 2.47. The molecular formula is C7H9ClN2OS. The van der Waals surface area contributed by atoms with E-state index in [9.17, 15) is 4.79 Å².